The highest BCUT2D eigenvalue weighted by Gasteiger charge is 2.32. The molecule has 0 saturated carbocycles. The first kappa shape index (κ1) is 53.9. The maximum atomic E-state index is 11.3. The highest BCUT2D eigenvalue weighted by molar-refractivity contribution is 6.37. The number of aliphatic carboxylic acids is 1. The van der Waals surface area contributed by atoms with Crippen molar-refractivity contribution in [2.75, 3.05) is 138 Å². The number of halogens is 2. The molecule has 1 saturated heterocycles. The number of nitrogens with zero attached hydrogens (tertiary/aromatic N) is 4. The van der Waals surface area contributed by atoms with Crippen molar-refractivity contribution in [2.24, 2.45) is 5.41 Å². The van der Waals surface area contributed by atoms with Crippen LogP contribution in [0.3, 0.4) is 0 Å². The second-order valence-electron chi connectivity index (χ2n) is 16.6. The van der Waals surface area contributed by atoms with E-state index in [9.17, 15) is 15.2 Å². The van der Waals surface area contributed by atoms with Gasteiger partial charge in [0.25, 0.3) is 0 Å². The zero-order valence-corrected chi connectivity index (χ0v) is 40.3. The Morgan fingerprint density at radius 3 is 1.83 bits per heavy atom. The van der Waals surface area contributed by atoms with Crippen LogP contribution in [0.2, 0.25) is 10.0 Å². The molecule has 3 aromatic rings. The Balaban J connectivity index is 0.961. The van der Waals surface area contributed by atoms with E-state index in [2.05, 4.69) is 26.2 Å². The number of nitrogens with one attached hydrogen (secondary N) is 1. The van der Waals surface area contributed by atoms with Crippen LogP contribution in [-0.2, 0) is 33.2 Å². The third-order valence-corrected chi connectivity index (χ3v) is 11.2. The molecule has 1 fully saturated rings. The van der Waals surface area contributed by atoms with Gasteiger partial charge in [-0.05, 0) is 43.4 Å². The topological polar surface area (TPSA) is 176 Å². The van der Waals surface area contributed by atoms with Gasteiger partial charge in [-0.2, -0.15) is 5.26 Å². The Labute approximate surface area is 394 Å². The maximum Gasteiger partial charge on any atom is 0.333 e. The highest BCUT2D eigenvalue weighted by Crippen LogP contribution is 2.40. The number of carbonyl (C=O) groups is 1. The summed E-state index contributed by atoms with van der Waals surface area (Å²) in [5.41, 5.74) is 1.57. The number of carboxylic acid groups (broad SMARTS) is 1. The number of hydrogen-bond acceptors (Lipinski definition) is 15. The van der Waals surface area contributed by atoms with Crippen LogP contribution in [0.5, 0.6) is 17.2 Å². The monoisotopic (exact) mass is 949 g/mol. The molecule has 1 aliphatic rings. The molecule has 4 rings (SSSR count). The predicted molar refractivity (Wildman–Crippen MR) is 252 cm³/mol. The number of aromatic nitrogens is 1. The van der Waals surface area contributed by atoms with Crippen LogP contribution in [0.4, 0.5) is 11.4 Å². The summed E-state index contributed by atoms with van der Waals surface area (Å²) in [6.45, 7) is 17.5. The second-order valence-corrected chi connectivity index (χ2v) is 17.4. The van der Waals surface area contributed by atoms with Gasteiger partial charge in [-0.15, -0.1) is 0 Å². The number of nitriles is 1. The normalized spacial score (nSPS) is 14.1. The lowest BCUT2D eigenvalue weighted by Gasteiger charge is -2.34. The number of piperazine rings is 1. The minimum atomic E-state index is -0.968. The van der Waals surface area contributed by atoms with Gasteiger partial charge >= 0.3 is 5.97 Å². The van der Waals surface area contributed by atoms with Crippen LogP contribution < -0.4 is 19.5 Å². The fraction of sp³-hybridized carbons (Fsp3) is 0.638. The number of pyridine rings is 1. The molecule has 1 atom stereocenters. The van der Waals surface area contributed by atoms with Crippen LogP contribution in [-0.4, -0.2) is 165 Å². The van der Waals surface area contributed by atoms with Gasteiger partial charge in [0.2, 0.25) is 0 Å². The number of hydrogen-bond donors (Lipinski definition) is 2. The summed E-state index contributed by atoms with van der Waals surface area (Å²) in [6.07, 6.45) is 6.14. The number of carboxylic acids is 1. The van der Waals surface area contributed by atoms with E-state index in [0.717, 1.165) is 65.1 Å². The lowest BCUT2D eigenvalue weighted by molar-refractivity contribution is -0.159. The molecule has 0 amide bonds. The van der Waals surface area contributed by atoms with Gasteiger partial charge in [0.05, 0.1) is 119 Å². The smallest absolute Gasteiger partial charge is 0.333 e. The quantitative estimate of drug-likeness (QED) is 0.0567. The number of unbranched alkanes of at least 4 members (excludes halogenated alkanes) is 3. The van der Waals surface area contributed by atoms with Crippen molar-refractivity contribution in [3.63, 3.8) is 0 Å². The first-order valence-corrected chi connectivity index (χ1v) is 23.2. The van der Waals surface area contributed by atoms with Crippen molar-refractivity contribution >= 4 is 51.4 Å². The van der Waals surface area contributed by atoms with Crippen molar-refractivity contribution in [2.45, 2.75) is 59.0 Å². The lowest BCUT2D eigenvalue weighted by Crippen LogP contribution is -2.46. The SMILES string of the molecule is COc1cc(Nc2c(C#N)cnc3cc(OCCCN4CCN(CCCCCCOCCOCCOCCOCCOCCOC(C(=O)O)C(C)(C)C)CC4)c(OC)cc23)c(Cl)cc1Cl. The van der Waals surface area contributed by atoms with Gasteiger partial charge in [-0.25, -0.2) is 4.79 Å². The predicted octanol–water partition coefficient (Wildman–Crippen LogP) is 7.72. The summed E-state index contributed by atoms with van der Waals surface area (Å²) >= 11 is 12.7. The fourth-order valence-corrected chi connectivity index (χ4v) is 7.61. The summed E-state index contributed by atoms with van der Waals surface area (Å²) in [4.78, 5) is 20.9. The van der Waals surface area contributed by atoms with Crippen LogP contribution >= 0.6 is 23.2 Å². The van der Waals surface area contributed by atoms with E-state index in [0.29, 0.717) is 121 Å². The number of methoxy groups -OCH3 is 2. The summed E-state index contributed by atoms with van der Waals surface area (Å²) in [7, 11) is 3.12. The maximum absolute atomic E-state index is 11.3. The minimum absolute atomic E-state index is 0.217. The Hall–Kier alpha value is -3.73. The van der Waals surface area contributed by atoms with Crippen molar-refractivity contribution in [1.82, 2.24) is 14.8 Å². The van der Waals surface area contributed by atoms with Crippen molar-refractivity contribution in [3.8, 4) is 23.3 Å². The molecule has 1 aliphatic heterocycles. The van der Waals surface area contributed by atoms with E-state index in [1.54, 1.807) is 19.2 Å². The van der Waals surface area contributed by atoms with Gasteiger partial charge < -0.3 is 62.9 Å². The molecular weight excluding hydrogens is 881 g/mol. The number of ether oxygens (including phenoxy) is 9. The van der Waals surface area contributed by atoms with E-state index < -0.39 is 17.5 Å². The molecule has 1 unspecified atom stereocenters. The number of rotatable bonds is 33. The molecule has 0 aliphatic carbocycles. The minimum Gasteiger partial charge on any atom is -0.495 e. The Morgan fingerprint density at radius 2 is 1.28 bits per heavy atom. The lowest BCUT2D eigenvalue weighted by atomic mass is 9.89. The molecule has 65 heavy (non-hydrogen) atoms. The molecule has 18 heteroatoms. The summed E-state index contributed by atoms with van der Waals surface area (Å²) < 4.78 is 50.5. The van der Waals surface area contributed by atoms with Crippen molar-refractivity contribution in [1.29, 1.82) is 5.26 Å². The second kappa shape index (κ2) is 29.8. The van der Waals surface area contributed by atoms with E-state index in [4.69, 9.17) is 65.8 Å². The molecule has 2 heterocycles. The van der Waals surface area contributed by atoms with Crippen LogP contribution in [0, 0.1) is 16.7 Å². The van der Waals surface area contributed by atoms with E-state index >= 15 is 0 Å². The average molecular weight is 951 g/mol. The van der Waals surface area contributed by atoms with Gasteiger partial charge in [-0.1, -0.05) is 56.8 Å². The van der Waals surface area contributed by atoms with Crippen LogP contribution in [0.15, 0.2) is 30.5 Å². The molecular formula is C47H69Cl2N5O11. The molecule has 1 aromatic heterocycles. The number of benzene rings is 2. The van der Waals surface area contributed by atoms with Crippen molar-refractivity contribution in [3.05, 3.63) is 46.1 Å². The van der Waals surface area contributed by atoms with E-state index in [1.165, 1.54) is 26.1 Å². The van der Waals surface area contributed by atoms with Crippen LogP contribution in [0.1, 0.15) is 58.4 Å². The van der Waals surface area contributed by atoms with Gasteiger partial charge in [-0.3, -0.25) is 4.98 Å². The first-order chi connectivity index (χ1) is 31.4. The zero-order valence-electron chi connectivity index (χ0n) is 38.8. The van der Waals surface area contributed by atoms with Gasteiger partial charge in [0.1, 0.15) is 11.8 Å². The largest absolute Gasteiger partial charge is 0.495 e. The van der Waals surface area contributed by atoms with Crippen LogP contribution in [0.25, 0.3) is 10.9 Å². The van der Waals surface area contributed by atoms with Gasteiger partial charge in [0, 0.05) is 63.0 Å². The first-order valence-electron chi connectivity index (χ1n) is 22.5. The van der Waals surface area contributed by atoms with Crippen molar-refractivity contribution < 1.29 is 52.5 Å². The van der Waals surface area contributed by atoms with E-state index in [-0.39, 0.29) is 6.61 Å². The van der Waals surface area contributed by atoms with E-state index in [1.807, 2.05) is 32.9 Å². The average Bonchev–Trinajstić information content (AvgIpc) is 3.28. The highest BCUT2D eigenvalue weighted by atomic mass is 35.5. The number of fused-ring (bicyclic) bond motifs is 1. The summed E-state index contributed by atoms with van der Waals surface area (Å²) in [5.74, 6) is 0.613. The third-order valence-electron chi connectivity index (χ3n) is 10.6. The molecule has 0 spiro atoms. The molecule has 362 valence electrons. The molecule has 0 bridgehead atoms. The number of anilines is 2. The molecule has 2 N–H and O–H groups in total. The fourth-order valence-electron chi connectivity index (χ4n) is 7.11. The summed E-state index contributed by atoms with van der Waals surface area (Å²) in [6, 6.07) is 9.15. The summed E-state index contributed by atoms with van der Waals surface area (Å²) in [5, 5.41) is 23.9. The Kier molecular flexibility index (Phi) is 24.7. The molecule has 0 radical (unpaired) electrons. The zero-order chi connectivity index (χ0) is 46.9. The molecule has 16 nitrogen and oxygen atoms in total. The van der Waals surface area contributed by atoms with Gasteiger partial charge in [0.15, 0.2) is 17.6 Å². The standard InChI is InChI=1S/C47H69Cl2N5O11/c1-47(2,3)45(46(55)56)65-28-27-63-26-25-62-24-23-61-22-21-60-20-19-59-17-9-7-6-8-11-53-13-15-54(16-14-53)12-10-18-64-43-31-39-36(29-42(43)58-5)44(35(33-50)34-51-39)52-40-32-41(57-4)38(49)30-37(40)48/h29-32,34,45H,6-28H2,1-5H3,(H,51,52)(H,55,56). The molecule has 2 aromatic carbocycles. The Morgan fingerprint density at radius 1 is 0.723 bits per heavy atom. The third kappa shape index (κ3) is 19.2. The Bertz CT molecular complexity index is 1910.